The number of rotatable bonds is 7. The van der Waals surface area contributed by atoms with E-state index in [2.05, 4.69) is 14.9 Å². The molecular formula is C13H27N3O3S. The van der Waals surface area contributed by atoms with Gasteiger partial charge in [0.1, 0.15) is 0 Å². The molecule has 1 aliphatic rings. The van der Waals surface area contributed by atoms with Gasteiger partial charge in [-0.05, 0) is 33.0 Å². The fourth-order valence-corrected chi connectivity index (χ4v) is 2.89. The molecule has 1 heterocycles. The van der Waals surface area contributed by atoms with Crippen molar-refractivity contribution in [2.24, 2.45) is 0 Å². The molecule has 0 bridgehead atoms. The van der Waals surface area contributed by atoms with Crippen LogP contribution in [0.15, 0.2) is 0 Å². The number of hydrogen-bond donors (Lipinski definition) is 2. The Hall–Kier alpha value is -0.660. The Kier molecular flexibility index (Phi) is 8.09. The molecule has 6 nitrogen and oxygen atoms in total. The van der Waals surface area contributed by atoms with Gasteiger partial charge in [0.05, 0.1) is 5.75 Å². The largest absolute Gasteiger partial charge is 0.355 e. The van der Waals surface area contributed by atoms with E-state index in [4.69, 9.17) is 0 Å². The molecule has 0 unspecified atom stereocenters. The van der Waals surface area contributed by atoms with Crippen molar-refractivity contribution in [3.63, 3.8) is 0 Å². The highest BCUT2D eigenvalue weighted by molar-refractivity contribution is 7.89. The van der Waals surface area contributed by atoms with Crippen molar-refractivity contribution in [2.45, 2.75) is 38.5 Å². The summed E-state index contributed by atoms with van der Waals surface area (Å²) in [5.41, 5.74) is 0. The summed E-state index contributed by atoms with van der Waals surface area (Å²) < 4.78 is 24.6. The Labute approximate surface area is 122 Å². The summed E-state index contributed by atoms with van der Waals surface area (Å²) >= 11 is 0. The minimum atomic E-state index is -3.23. The van der Waals surface area contributed by atoms with E-state index in [1.54, 1.807) is 0 Å². The molecule has 1 rings (SSSR count). The Morgan fingerprint density at radius 1 is 1.10 bits per heavy atom. The van der Waals surface area contributed by atoms with Gasteiger partial charge < -0.3 is 10.2 Å². The summed E-state index contributed by atoms with van der Waals surface area (Å²) in [6.45, 7) is 3.08. The second kappa shape index (κ2) is 9.31. The molecule has 0 aromatic heterocycles. The minimum absolute atomic E-state index is 0.0705. The summed E-state index contributed by atoms with van der Waals surface area (Å²) in [4.78, 5) is 14.0. The first-order valence-corrected chi connectivity index (χ1v) is 9.09. The van der Waals surface area contributed by atoms with Crippen molar-refractivity contribution in [2.75, 3.05) is 39.0 Å². The number of nitrogens with one attached hydrogen (secondary N) is 2. The monoisotopic (exact) mass is 305 g/mol. The highest BCUT2D eigenvalue weighted by Gasteiger charge is 2.11. The molecular weight excluding hydrogens is 278 g/mol. The van der Waals surface area contributed by atoms with Gasteiger partial charge in [0.25, 0.3) is 0 Å². The lowest BCUT2D eigenvalue weighted by atomic mass is 10.1. The maximum atomic E-state index is 11.7. The van der Waals surface area contributed by atoms with Crippen molar-refractivity contribution in [1.82, 2.24) is 14.9 Å². The van der Waals surface area contributed by atoms with E-state index in [9.17, 15) is 13.2 Å². The van der Waals surface area contributed by atoms with E-state index < -0.39 is 10.0 Å². The van der Waals surface area contributed by atoms with Crippen LogP contribution in [0.2, 0.25) is 0 Å². The summed E-state index contributed by atoms with van der Waals surface area (Å²) in [6.07, 6.45) is 6.76. The summed E-state index contributed by atoms with van der Waals surface area (Å²) in [5, 5.41) is 2.66. The lowest BCUT2D eigenvalue weighted by Crippen LogP contribution is -2.36. The molecule has 1 saturated heterocycles. The quantitative estimate of drug-likeness (QED) is 0.709. The van der Waals surface area contributed by atoms with Gasteiger partial charge >= 0.3 is 0 Å². The van der Waals surface area contributed by atoms with Crippen LogP contribution in [0.5, 0.6) is 0 Å². The van der Waals surface area contributed by atoms with Gasteiger partial charge in [-0.15, -0.1) is 0 Å². The van der Waals surface area contributed by atoms with Crippen LogP contribution in [-0.2, 0) is 14.8 Å². The van der Waals surface area contributed by atoms with Crippen LogP contribution in [0.25, 0.3) is 0 Å². The number of amides is 1. The van der Waals surface area contributed by atoms with Gasteiger partial charge in [-0.1, -0.05) is 19.3 Å². The number of carbonyl (C=O) groups is 1. The fraction of sp³-hybridized carbons (Fsp3) is 0.923. The maximum Gasteiger partial charge on any atom is 0.221 e. The summed E-state index contributed by atoms with van der Waals surface area (Å²) in [7, 11) is -1.86. The Morgan fingerprint density at radius 3 is 2.30 bits per heavy atom. The first-order chi connectivity index (χ1) is 9.53. The number of carbonyl (C=O) groups excluding carboxylic acids is 1. The van der Waals surface area contributed by atoms with E-state index in [0.717, 1.165) is 19.6 Å². The Bertz CT molecular complexity index is 376. The molecule has 0 aromatic carbocycles. The fourth-order valence-electron chi connectivity index (χ4n) is 2.31. The van der Waals surface area contributed by atoms with Gasteiger partial charge in [-0.2, -0.15) is 0 Å². The second-order valence-electron chi connectivity index (χ2n) is 5.23. The molecule has 0 atom stereocenters. The first kappa shape index (κ1) is 17.4. The average Bonchev–Trinajstić information content (AvgIpc) is 2.37. The topological polar surface area (TPSA) is 78.5 Å². The van der Waals surface area contributed by atoms with Crippen LogP contribution in [0.4, 0.5) is 0 Å². The van der Waals surface area contributed by atoms with E-state index in [0.29, 0.717) is 6.42 Å². The molecule has 0 aromatic rings. The number of nitrogens with zero attached hydrogens (tertiary/aromatic N) is 1. The van der Waals surface area contributed by atoms with Crippen molar-refractivity contribution < 1.29 is 13.2 Å². The molecule has 0 radical (unpaired) electrons. The van der Waals surface area contributed by atoms with Crippen molar-refractivity contribution in [3.8, 4) is 0 Å². The van der Waals surface area contributed by atoms with Gasteiger partial charge in [-0.3, -0.25) is 4.79 Å². The predicted molar refractivity (Wildman–Crippen MR) is 80.0 cm³/mol. The van der Waals surface area contributed by atoms with Crippen LogP contribution >= 0.6 is 0 Å². The van der Waals surface area contributed by atoms with Crippen LogP contribution in [0.3, 0.4) is 0 Å². The number of likely N-dealkylation sites (tertiary alicyclic amines) is 1. The second-order valence-corrected chi connectivity index (χ2v) is 7.28. The molecule has 7 heteroatoms. The molecule has 2 N–H and O–H groups in total. The zero-order chi connectivity index (χ0) is 14.8. The average molecular weight is 305 g/mol. The molecule has 1 fully saturated rings. The van der Waals surface area contributed by atoms with Crippen LogP contribution in [0, 0.1) is 0 Å². The zero-order valence-electron chi connectivity index (χ0n) is 12.4. The van der Waals surface area contributed by atoms with Gasteiger partial charge in [0.2, 0.25) is 15.9 Å². The van der Waals surface area contributed by atoms with Crippen LogP contribution in [0.1, 0.15) is 38.5 Å². The predicted octanol–water partition coefficient (Wildman–Crippen LogP) is 0.308. The van der Waals surface area contributed by atoms with Crippen molar-refractivity contribution in [1.29, 1.82) is 0 Å². The number of sulfonamides is 1. The van der Waals surface area contributed by atoms with Crippen LogP contribution < -0.4 is 10.0 Å². The van der Waals surface area contributed by atoms with Crippen molar-refractivity contribution >= 4 is 15.9 Å². The van der Waals surface area contributed by atoms with Gasteiger partial charge in [-0.25, -0.2) is 13.1 Å². The molecule has 20 heavy (non-hydrogen) atoms. The highest BCUT2D eigenvalue weighted by Crippen LogP contribution is 2.10. The van der Waals surface area contributed by atoms with E-state index in [1.807, 2.05) is 0 Å². The van der Waals surface area contributed by atoms with E-state index in [1.165, 1.54) is 39.2 Å². The molecule has 1 aliphatic heterocycles. The SMILES string of the molecule is CNS(=O)(=O)CCNC(=O)CCN1CCCCCCC1. The minimum Gasteiger partial charge on any atom is -0.355 e. The molecule has 118 valence electrons. The third kappa shape index (κ3) is 7.81. The van der Waals surface area contributed by atoms with E-state index >= 15 is 0 Å². The zero-order valence-corrected chi connectivity index (χ0v) is 13.2. The molecule has 0 saturated carbocycles. The Balaban J connectivity index is 2.15. The lowest BCUT2D eigenvalue weighted by molar-refractivity contribution is -0.121. The molecule has 1 amide bonds. The van der Waals surface area contributed by atoms with Gasteiger partial charge in [0, 0.05) is 19.5 Å². The normalized spacial score (nSPS) is 18.2. The summed E-state index contributed by atoms with van der Waals surface area (Å²) in [6, 6.07) is 0. The molecule has 0 aliphatic carbocycles. The third-order valence-electron chi connectivity index (χ3n) is 3.61. The van der Waals surface area contributed by atoms with Crippen molar-refractivity contribution in [3.05, 3.63) is 0 Å². The standard InChI is InChI=1S/C13H27N3O3S/c1-14-20(18,19)12-8-15-13(17)7-11-16-9-5-3-2-4-6-10-16/h14H,2-12H2,1H3,(H,15,17). The first-order valence-electron chi connectivity index (χ1n) is 7.44. The maximum absolute atomic E-state index is 11.7. The highest BCUT2D eigenvalue weighted by atomic mass is 32.2. The van der Waals surface area contributed by atoms with E-state index in [-0.39, 0.29) is 18.2 Å². The molecule has 0 spiro atoms. The van der Waals surface area contributed by atoms with Crippen LogP contribution in [-0.4, -0.2) is 58.2 Å². The smallest absolute Gasteiger partial charge is 0.221 e. The third-order valence-corrected chi connectivity index (χ3v) is 4.97. The number of hydrogen-bond acceptors (Lipinski definition) is 4. The Morgan fingerprint density at radius 2 is 1.70 bits per heavy atom. The lowest BCUT2D eigenvalue weighted by Gasteiger charge is -2.24. The van der Waals surface area contributed by atoms with Gasteiger partial charge in [0.15, 0.2) is 0 Å². The summed E-state index contributed by atoms with van der Waals surface area (Å²) in [5.74, 6) is -0.141.